The summed E-state index contributed by atoms with van der Waals surface area (Å²) in [5, 5.41) is 12.6. The van der Waals surface area contributed by atoms with Gasteiger partial charge in [-0.1, -0.05) is 12.1 Å². The Balaban J connectivity index is 2.37. The van der Waals surface area contributed by atoms with E-state index in [0.717, 1.165) is 12.1 Å². The fourth-order valence-electron chi connectivity index (χ4n) is 4.01. The molecule has 1 aliphatic rings. The molecule has 1 aromatic rings. The molecule has 37 heavy (non-hydrogen) atoms. The third kappa shape index (κ3) is 8.55. The van der Waals surface area contributed by atoms with Gasteiger partial charge in [0.1, 0.15) is 5.84 Å². The molecule has 1 heterocycles. The van der Waals surface area contributed by atoms with Crippen LogP contribution in [0, 0.1) is 22.7 Å². The number of nitriles is 1. The van der Waals surface area contributed by atoms with Crippen LogP contribution < -0.4 is 16.8 Å². The van der Waals surface area contributed by atoms with Crippen LogP contribution in [0.3, 0.4) is 0 Å². The van der Waals surface area contributed by atoms with Gasteiger partial charge in [-0.05, 0) is 57.5 Å². The molecule has 0 spiro atoms. The Morgan fingerprint density at radius 3 is 2.59 bits per heavy atom. The van der Waals surface area contributed by atoms with Gasteiger partial charge in [0.05, 0.1) is 35.0 Å². The third-order valence-corrected chi connectivity index (χ3v) is 5.91. The standard InChI is InChI=1S/C26H35F3N8/c1-5-7-21(12-30)34-17-35-24(37-14-18(15-37)11-25(2,3)16-32)22(13-31)23(33-4)36-20-9-6-8-19(10-20)26(27,28)29/h5-6,8-10,13,18,21,34H,1,4,7,11-12,14-15,17,30-31H2,2-3H3. The average Bonchev–Trinajstić information content (AvgIpc) is 2.83. The lowest BCUT2D eigenvalue weighted by Crippen LogP contribution is -2.52. The Labute approximate surface area is 216 Å². The summed E-state index contributed by atoms with van der Waals surface area (Å²) in [6.07, 6.45) is -0.0957. The van der Waals surface area contributed by atoms with Gasteiger partial charge < -0.3 is 16.4 Å². The minimum Gasteiger partial charge on any atom is -0.404 e. The SMILES string of the molecule is C=CCC(CN)NCN=C(C(=CN)C(N=C)=Nc1cccc(C(F)(F)F)c1)N1CC(CC(C)(C)C#N)C1. The molecule has 0 saturated carbocycles. The second-order valence-electron chi connectivity index (χ2n) is 9.49. The summed E-state index contributed by atoms with van der Waals surface area (Å²) in [4.78, 5) is 14.9. The van der Waals surface area contributed by atoms with E-state index >= 15 is 0 Å². The highest BCUT2D eigenvalue weighted by atomic mass is 19.4. The zero-order chi connectivity index (χ0) is 27.6. The van der Waals surface area contributed by atoms with Crippen molar-refractivity contribution >= 4 is 24.1 Å². The largest absolute Gasteiger partial charge is 0.416 e. The van der Waals surface area contributed by atoms with Crippen molar-refractivity contribution in [3.05, 3.63) is 54.3 Å². The van der Waals surface area contributed by atoms with E-state index in [1.54, 1.807) is 6.08 Å². The number of likely N-dealkylation sites (tertiary alicyclic amines) is 1. The number of hydrogen-bond donors (Lipinski definition) is 3. The van der Waals surface area contributed by atoms with Gasteiger partial charge in [-0.2, -0.15) is 18.4 Å². The molecule has 8 nitrogen and oxygen atoms in total. The predicted octanol–water partition coefficient (Wildman–Crippen LogP) is 4.00. The molecule has 5 N–H and O–H groups in total. The van der Waals surface area contributed by atoms with Crippen molar-refractivity contribution in [1.29, 1.82) is 5.26 Å². The number of aliphatic imine (C=N–C) groups is 3. The van der Waals surface area contributed by atoms with Crippen molar-refractivity contribution in [2.24, 2.45) is 37.8 Å². The van der Waals surface area contributed by atoms with Crippen molar-refractivity contribution in [2.45, 2.75) is 38.9 Å². The quantitative estimate of drug-likeness (QED) is 0.233. The summed E-state index contributed by atoms with van der Waals surface area (Å²) in [6.45, 7) is 12.9. The Bertz CT molecular complexity index is 1080. The maximum Gasteiger partial charge on any atom is 0.416 e. The maximum absolute atomic E-state index is 13.2. The first kappa shape index (κ1) is 29.7. The third-order valence-electron chi connectivity index (χ3n) is 5.91. The molecule has 0 aromatic heterocycles. The van der Waals surface area contributed by atoms with Crippen molar-refractivity contribution in [2.75, 3.05) is 26.3 Å². The number of amidine groups is 2. The fourth-order valence-corrected chi connectivity index (χ4v) is 4.01. The van der Waals surface area contributed by atoms with Crippen LogP contribution in [0.2, 0.25) is 0 Å². The molecule has 200 valence electrons. The van der Waals surface area contributed by atoms with E-state index in [4.69, 9.17) is 11.5 Å². The van der Waals surface area contributed by atoms with E-state index in [0.29, 0.717) is 43.9 Å². The molecule has 1 atom stereocenters. The zero-order valence-electron chi connectivity index (χ0n) is 21.3. The van der Waals surface area contributed by atoms with E-state index in [9.17, 15) is 18.4 Å². The van der Waals surface area contributed by atoms with Crippen molar-refractivity contribution in [1.82, 2.24) is 10.2 Å². The minimum absolute atomic E-state index is 0.0239. The van der Waals surface area contributed by atoms with Crippen LogP contribution in [0.5, 0.6) is 0 Å². The second kappa shape index (κ2) is 13.2. The van der Waals surface area contributed by atoms with E-state index in [2.05, 4.69) is 39.7 Å². The lowest BCUT2D eigenvalue weighted by molar-refractivity contribution is -0.137. The molecular weight excluding hydrogens is 481 g/mol. The summed E-state index contributed by atoms with van der Waals surface area (Å²) in [5.41, 5.74) is 10.9. The zero-order valence-corrected chi connectivity index (χ0v) is 21.3. The molecular formula is C26H35F3N8. The number of hydrogen-bond acceptors (Lipinski definition) is 6. The number of alkyl halides is 3. The molecule has 0 aliphatic carbocycles. The van der Waals surface area contributed by atoms with E-state index in [1.165, 1.54) is 18.3 Å². The van der Waals surface area contributed by atoms with Crippen LogP contribution in [-0.2, 0) is 6.18 Å². The van der Waals surface area contributed by atoms with Crippen molar-refractivity contribution in [3.8, 4) is 6.07 Å². The van der Waals surface area contributed by atoms with Gasteiger partial charge in [-0.25, -0.2) is 9.98 Å². The van der Waals surface area contributed by atoms with E-state index in [1.807, 2.05) is 18.7 Å². The highest BCUT2D eigenvalue weighted by Gasteiger charge is 2.36. The monoisotopic (exact) mass is 516 g/mol. The Hall–Kier alpha value is -3.49. The normalized spacial score (nSPS) is 16.7. The first-order chi connectivity index (χ1) is 17.5. The Morgan fingerprint density at radius 1 is 1.35 bits per heavy atom. The fraction of sp³-hybridized carbons (Fsp3) is 0.462. The van der Waals surface area contributed by atoms with Gasteiger partial charge in [0.2, 0.25) is 0 Å². The number of nitrogens with zero attached hydrogens (tertiary/aromatic N) is 5. The number of nitrogens with one attached hydrogen (secondary N) is 1. The first-order valence-corrected chi connectivity index (χ1v) is 11.9. The molecule has 1 unspecified atom stereocenters. The summed E-state index contributed by atoms with van der Waals surface area (Å²) in [6, 6.07) is 6.92. The summed E-state index contributed by atoms with van der Waals surface area (Å²) < 4.78 is 39.6. The van der Waals surface area contributed by atoms with Crippen LogP contribution in [0.1, 0.15) is 32.3 Å². The molecule has 1 saturated heterocycles. The van der Waals surface area contributed by atoms with Crippen molar-refractivity contribution in [3.63, 3.8) is 0 Å². The molecule has 11 heteroatoms. The Morgan fingerprint density at radius 2 is 2.05 bits per heavy atom. The number of nitrogens with two attached hydrogens (primary N) is 2. The number of rotatable bonds is 11. The summed E-state index contributed by atoms with van der Waals surface area (Å²) in [5.74, 6) is 0.793. The minimum atomic E-state index is -4.51. The number of benzene rings is 1. The molecule has 1 fully saturated rings. The topological polar surface area (TPSA) is 128 Å². The van der Waals surface area contributed by atoms with E-state index < -0.39 is 17.2 Å². The van der Waals surface area contributed by atoms with Gasteiger partial charge in [0.25, 0.3) is 0 Å². The second-order valence-corrected chi connectivity index (χ2v) is 9.49. The van der Waals surface area contributed by atoms with Crippen LogP contribution in [0.25, 0.3) is 0 Å². The van der Waals surface area contributed by atoms with Crippen LogP contribution in [0.4, 0.5) is 18.9 Å². The van der Waals surface area contributed by atoms with Gasteiger partial charge >= 0.3 is 6.18 Å². The highest BCUT2D eigenvalue weighted by Crippen LogP contribution is 2.33. The summed E-state index contributed by atoms with van der Waals surface area (Å²) in [7, 11) is 0. The smallest absolute Gasteiger partial charge is 0.404 e. The van der Waals surface area contributed by atoms with Crippen LogP contribution >= 0.6 is 0 Å². The molecule has 1 aromatic carbocycles. The highest BCUT2D eigenvalue weighted by molar-refractivity contribution is 6.24. The lowest BCUT2D eigenvalue weighted by Gasteiger charge is -2.43. The molecule has 0 amide bonds. The predicted molar refractivity (Wildman–Crippen MR) is 143 cm³/mol. The van der Waals surface area contributed by atoms with Gasteiger partial charge in [-0.3, -0.25) is 10.3 Å². The van der Waals surface area contributed by atoms with E-state index in [-0.39, 0.29) is 30.2 Å². The summed E-state index contributed by atoms with van der Waals surface area (Å²) >= 11 is 0. The maximum atomic E-state index is 13.2. The molecule has 1 aliphatic heterocycles. The number of halogens is 3. The lowest BCUT2D eigenvalue weighted by atomic mass is 9.80. The molecule has 0 radical (unpaired) electrons. The first-order valence-electron chi connectivity index (χ1n) is 11.9. The Kier molecular flexibility index (Phi) is 10.6. The molecule has 2 rings (SSSR count). The van der Waals surface area contributed by atoms with Crippen LogP contribution in [0.15, 0.2) is 63.7 Å². The van der Waals surface area contributed by atoms with Crippen LogP contribution in [-0.4, -0.2) is 55.6 Å². The van der Waals surface area contributed by atoms with Gasteiger partial charge in [-0.15, -0.1) is 6.58 Å². The van der Waals surface area contributed by atoms with Gasteiger partial charge in [0.15, 0.2) is 5.84 Å². The molecule has 0 bridgehead atoms. The average molecular weight is 517 g/mol. The van der Waals surface area contributed by atoms with Crippen molar-refractivity contribution < 1.29 is 13.2 Å². The van der Waals surface area contributed by atoms with Gasteiger partial charge in [0, 0.05) is 31.9 Å².